The zero-order valence-corrected chi connectivity index (χ0v) is 12.8. The van der Waals surface area contributed by atoms with Crippen molar-refractivity contribution in [2.75, 3.05) is 13.1 Å². The molecule has 0 atom stereocenters. The Balaban J connectivity index is 2.01. The van der Waals surface area contributed by atoms with Crippen LogP contribution in [0.4, 0.5) is 0 Å². The molecule has 1 amide bonds. The van der Waals surface area contributed by atoms with Gasteiger partial charge in [0.15, 0.2) is 0 Å². The summed E-state index contributed by atoms with van der Waals surface area (Å²) < 4.78 is 0. The van der Waals surface area contributed by atoms with Crippen molar-refractivity contribution in [1.29, 1.82) is 0 Å². The largest absolute Gasteiger partial charge is 0.390 e. The van der Waals surface area contributed by atoms with Gasteiger partial charge in [-0.05, 0) is 49.6 Å². The first-order chi connectivity index (χ1) is 9.37. The molecule has 20 heavy (non-hydrogen) atoms. The number of halogens is 2. The van der Waals surface area contributed by atoms with E-state index in [4.69, 9.17) is 23.2 Å². The van der Waals surface area contributed by atoms with Gasteiger partial charge in [0, 0.05) is 29.2 Å². The highest BCUT2D eigenvalue weighted by atomic mass is 35.5. The summed E-state index contributed by atoms with van der Waals surface area (Å²) in [5.74, 6) is -0.0726. The first-order valence-electron chi connectivity index (χ1n) is 6.52. The van der Waals surface area contributed by atoms with E-state index in [1.807, 2.05) is 0 Å². The highest BCUT2D eigenvalue weighted by Gasteiger charge is 2.28. The van der Waals surface area contributed by atoms with E-state index in [0.29, 0.717) is 36.0 Å². The molecule has 1 aliphatic heterocycles. The van der Waals surface area contributed by atoms with Gasteiger partial charge in [-0.3, -0.25) is 4.79 Å². The van der Waals surface area contributed by atoms with E-state index in [9.17, 15) is 9.90 Å². The van der Waals surface area contributed by atoms with Gasteiger partial charge >= 0.3 is 0 Å². The molecule has 1 heterocycles. The second kappa shape index (κ2) is 6.17. The number of piperidine rings is 1. The first-order valence-corrected chi connectivity index (χ1v) is 7.27. The molecule has 1 aromatic rings. The molecule has 0 bridgehead atoms. The average molecular weight is 314 g/mol. The Hall–Kier alpha value is -1.03. The zero-order valence-electron chi connectivity index (χ0n) is 11.3. The highest BCUT2D eigenvalue weighted by Crippen LogP contribution is 2.23. The Morgan fingerprint density at radius 2 is 2.00 bits per heavy atom. The molecular weight excluding hydrogens is 297 g/mol. The minimum atomic E-state index is -0.656. The molecule has 1 fully saturated rings. The van der Waals surface area contributed by atoms with Crippen molar-refractivity contribution >= 4 is 35.2 Å². The van der Waals surface area contributed by atoms with Crippen LogP contribution in [0.25, 0.3) is 6.08 Å². The normalized spacial score (nSPS) is 18.5. The van der Waals surface area contributed by atoms with Crippen molar-refractivity contribution in [2.24, 2.45) is 0 Å². The average Bonchev–Trinajstić information content (AvgIpc) is 2.39. The Bertz CT molecular complexity index is 531. The maximum atomic E-state index is 12.1. The Morgan fingerprint density at radius 3 is 2.65 bits per heavy atom. The van der Waals surface area contributed by atoms with Crippen molar-refractivity contribution in [2.45, 2.75) is 25.4 Å². The molecule has 0 aromatic heterocycles. The lowest BCUT2D eigenvalue weighted by atomic mass is 9.94. The van der Waals surface area contributed by atoms with Crippen LogP contribution in [0.5, 0.6) is 0 Å². The minimum absolute atomic E-state index is 0.0726. The fourth-order valence-corrected chi connectivity index (χ4v) is 2.48. The molecule has 0 unspecified atom stereocenters. The van der Waals surface area contributed by atoms with Crippen LogP contribution in [0, 0.1) is 0 Å². The fraction of sp³-hybridized carbons (Fsp3) is 0.400. The lowest BCUT2D eigenvalue weighted by molar-refractivity contribution is -0.129. The molecule has 1 N–H and O–H groups in total. The predicted octanol–water partition coefficient (Wildman–Crippen LogP) is 3.38. The summed E-state index contributed by atoms with van der Waals surface area (Å²) in [6.07, 6.45) is 4.37. The van der Waals surface area contributed by atoms with Crippen LogP contribution in [0.2, 0.25) is 10.0 Å². The third-order valence-electron chi connectivity index (χ3n) is 3.52. The number of hydrogen-bond donors (Lipinski definition) is 1. The predicted molar refractivity (Wildman–Crippen MR) is 81.9 cm³/mol. The van der Waals surface area contributed by atoms with Crippen LogP contribution in [0.15, 0.2) is 24.3 Å². The highest BCUT2D eigenvalue weighted by molar-refractivity contribution is 6.34. The van der Waals surface area contributed by atoms with Crippen LogP contribution in [0.1, 0.15) is 25.3 Å². The summed E-state index contributed by atoms with van der Waals surface area (Å²) in [5.41, 5.74) is 0.0630. The number of aliphatic hydroxyl groups is 1. The van der Waals surface area contributed by atoms with E-state index in [0.717, 1.165) is 5.56 Å². The van der Waals surface area contributed by atoms with E-state index in [2.05, 4.69) is 0 Å². The van der Waals surface area contributed by atoms with E-state index < -0.39 is 5.60 Å². The van der Waals surface area contributed by atoms with Crippen molar-refractivity contribution in [1.82, 2.24) is 4.90 Å². The number of hydrogen-bond acceptors (Lipinski definition) is 2. The van der Waals surface area contributed by atoms with Crippen LogP contribution in [0.3, 0.4) is 0 Å². The van der Waals surface area contributed by atoms with Crippen LogP contribution in [-0.2, 0) is 4.79 Å². The van der Waals surface area contributed by atoms with Gasteiger partial charge in [0.1, 0.15) is 0 Å². The molecular formula is C15H17Cl2NO2. The van der Waals surface area contributed by atoms with Crippen molar-refractivity contribution in [3.05, 3.63) is 39.9 Å². The summed E-state index contributed by atoms with van der Waals surface area (Å²) in [7, 11) is 0. The minimum Gasteiger partial charge on any atom is -0.390 e. The topological polar surface area (TPSA) is 40.5 Å². The van der Waals surface area contributed by atoms with Crippen LogP contribution < -0.4 is 0 Å². The molecule has 1 saturated heterocycles. The molecule has 2 rings (SSSR count). The zero-order chi connectivity index (χ0) is 14.8. The van der Waals surface area contributed by atoms with E-state index >= 15 is 0 Å². The van der Waals surface area contributed by atoms with E-state index in [1.165, 1.54) is 6.08 Å². The Morgan fingerprint density at radius 1 is 1.35 bits per heavy atom. The molecule has 1 aliphatic rings. The van der Waals surface area contributed by atoms with Crippen LogP contribution in [-0.4, -0.2) is 34.6 Å². The summed E-state index contributed by atoms with van der Waals surface area (Å²) in [6.45, 7) is 2.94. The standard InChI is InChI=1S/C15H17Cl2NO2/c1-15(20)6-8-18(9-7-15)14(19)5-2-11-10-12(16)3-4-13(11)17/h2-5,10,20H,6-9H2,1H3/b5-2+. The van der Waals surface area contributed by atoms with Crippen molar-refractivity contribution in [3.63, 3.8) is 0 Å². The number of carbonyl (C=O) groups excluding carboxylic acids is 1. The number of carbonyl (C=O) groups is 1. The van der Waals surface area contributed by atoms with Gasteiger partial charge in [-0.15, -0.1) is 0 Å². The van der Waals surface area contributed by atoms with Gasteiger partial charge in [0.25, 0.3) is 0 Å². The second-order valence-electron chi connectivity index (χ2n) is 5.32. The third-order valence-corrected chi connectivity index (χ3v) is 4.10. The molecule has 0 aliphatic carbocycles. The number of likely N-dealkylation sites (tertiary alicyclic amines) is 1. The fourth-order valence-electron chi connectivity index (χ4n) is 2.12. The monoisotopic (exact) mass is 313 g/mol. The number of benzene rings is 1. The van der Waals surface area contributed by atoms with Crippen LogP contribution >= 0.6 is 23.2 Å². The van der Waals surface area contributed by atoms with Crippen molar-refractivity contribution in [3.8, 4) is 0 Å². The van der Waals surface area contributed by atoms with E-state index in [-0.39, 0.29) is 5.91 Å². The number of nitrogens with zero attached hydrogens (tertiary/aromatic N) is 1. The van der Waals surface area contributed by atoms with E-state index in [1.54, 1.807) is 36.1 Å². The summed E-state index contributed by atoms with van der Waals surface area (Å²) in [6, 6.07) is 5.12. The Kier molecular flexibility index (Phi) is 4.74. The van der Waals surface area contributed by atoms with Gasteiger partial charge in [0.05, 0.1) is 5.60 Å². The molecule has 5 heteroatoms. The molecule has 1 aromatic carbocycles. The maximum absolute atomic E-state index is 12.1. The van der Waals surface area contributed by atoms with Gasteiger partial charge in [-0.1, -0.05) is 23.2 Å². The van der Waals surface area contributed by atoms with Gasteiger partial charge in [-0.2, -0.15) is 0 Å². The first kappa shape index (κ1) is 15.4. The maximum Gasteiger partial charge on any atom is 0.246 e. The summed E-state index contributed by atoms with van der Waals surface area (Å²) in [4.78, 5) is 13.8. The summed E-state index contributed by atoms with van der Waals surface area (Å²) >= 11 is 11.9. The lowest BCUT2D eigenvalue weighted by Gasteiger charge is -2.35. The molecule has 108 valence electrons. The molecule has 0 spiro atoms. The van der Waals surface area contributed by atoms with Gasteiger partial charge in [-0.25, -0.2) is 0 Å². The third kappa shape index (κ3) is 3.98. The SMILES string of the molecule is CC1(O)CCN(C(=O)/C=C/c2cc(Cl)ccc2Cl)CC1. The van der Waals surface area contributed by atoms with Crippen molar-refractivity contribution < 1.29 is 9.90 Å². The Labute approximate surface area is 128 Å². The summed E-state index contributed by atoms with van der Waals surface area (Å²) in [5, 5.41) is 11.0. The smallest absolute Gasteiger partial charge is 0.246 e. The van der Waals surface area contributed by atoms with Gasteiger partial charge < -0.3 is 10.0 Å². The molecule has 0 saturated carbocycles. The van der Waals surface area contributed by atoms with Gasteiger partial charge in [0.2, 0.25) is 5.91 Å². The number of amides is 1. The quantitative estimate of drug-likeness (QED) is 0.850. The molecule has 0 radical (unpaired) electrons. The second-order valence-corrected chi connectivity index (χ2v) is 6.17. The molecule has 3 nitrogen and oxygen atoms in total. The number of rotatable bonds is 2. The lowest BCUT2D eigenvalue weighted by Crippen LogP contribution is -2.44.